The van der Waals surface area contributed by atoms with E-state index >= 15 is 0 Å². The molecule has 98 valence electrons. The Bertz CT molecular complexity index is 328. The molecule has 0 saturated carbocycles. The second kappa shape index (κ2) is 7.37. The number of ether oxygens (including phenoxy) is 1. The van der Waals surface area contributed by atoms with Crippen LogP contribution in [0.4, 0.5) is 10.8 Å². The monoisotopic (exact) mass is 257 g/mol. The van der Waals surface area contributed by atoms with Crippen LogP contribution in [0.15, 0.2) is 0 Å². The molecule has 1 aromatic rings. The van der Waals surface area contributed by atoms with Gasteiger partial charge in [0.05, 0.1) is 7.11 Å². The van der Waals surface area contributed by atoms with Gasteiger partial charge in [0.2, 0.25) is 0 Å². The first-order valence-electron chi connectivity index (χ1n) is 6.24. The first-order valence-corrected chi connectivity index (χ1v) is 7.02. The smallest absolute Gasteiger partial charge is 0.197 e. The number of nitrogen functional groups attached to an aromatic ring is 1. The van der Waals surface area contributed by atoms with Gasteiger partial charge in [0.25, 0.3) is 0 Å². The second-order valence-electron chi connectivity index (χ2n) is 4.32. The molecule has 1 rings (SSSR count). The van der Waals surface area contributed by atoms with Crippen molar-refractivity contribution in [2.24, 2.45) is 0 Å². The average Bonchev–Trinajstić information content (AvgIpc) is 2.65. The summed E-state index contributed by atoms with van der Waals surface area (Å²) in [6.45, 7) is 4.41. The summed E-state index contributed by atoms with van der Waals surface area (Å²) in [5.74, 6) is 1.15. The number of methoxy groups -OCH3 is 1. The summed E-state index contributed by atoms with van der Waals surface area (Å²) in [5, 5.41) is 4.35. The third-order valence-electron chi connectivity index (χ3n) is 2.75. The molecule has 5 heteroatoms. The Morgan fingerprint density at radius 3 is 2.82 bits per heavy atom. The van der Waals surface area contributed by atoms with Gasteiger partial charge in [-0.15, -0.1) is 0 Å². The van der Waals surface area contributed by atoms with Crippen LogP contribution < -0.4 is 15.8 Å². The van der Waals surface area contributed by atoms with Gasteiger partial charge in [0.1, 0.15) is 0 Å². The van der Waals surface area contributed by atoms with Crippen LogP contribution in [-0.4, -0.2) is 17.5 Å². The van der Waals surface area contributed by atoms with Crippen molar-refractivity contribution in [3.8, 4) is 5.75 Å². The molecule has 0 radical (unpaired) electrons. The number of nitrogens with one attached hydrogen (secondary N) is 1. The standard InChI is InChI=1S/C12H23N3OS/c1-4-5-6-7-8-9(2)14-12-10(16-3)11(13)15-17-12/h9,14H,4-8H2,1-3H3,(H2,13,15). The number of rotatable bonds is 8. The summed E-state index contributed by atoms with van der Waals surface area (Å²) >= 11 is 1.36. The van der Waals surface area contributed by atoms with Crippen molar-refractivity contribution in [1.82, 2.24) is 4.37 Å². The molecular weight excluding hydrogens is 234 g/mol. The molecule has 0 aromatic carbocycles. The number of hydrogen-bond donors (Lipinski definition) is 2. The van der Waals surface area contributed by atoms with Crippen LogP contribution >= 0.6 is 11.5 Å². The molecule has 0 saturated heterocycles. The SMILES string of the molecule is CCCCCCC(C)Nc1snc(N)c1OC. The van der Waals surface area contributed by atoms with Crippen LogP contribution in [0.2, 0.25) is 0 Å². The fourth-order valence-electron chi connectivity index (χ4n) is 1.76. The highest BCUT2D eigenvalue weighted by Gasteiger charge is 2.13. The molecule has 1 heterocycles. The highest BCUT2D eigenvalue weighted by atomic mass is 32.1. The van der Waals surface area contributed by atoms with E-state index in [-0.39, 0.29) is 0 Å². The average molecular weight is 257 g/mol. The molecule has 0 aliphatic carbocycles. The van der Waals surface area contributed by atoms with Crippen molar-refractivity contribution < 1.29 is 4.74 Å². The lowest BCUT2D eigenvalue weighted by atomic mass is 10.1. The lowest BCUT2D eigenvalue weighted by Crippen LogP contribution is -2.14. The van der Waals surface area contributed by atoms with Crippen molar-refractivity contribution in [2.45, 2.75) is 52.0 Å². The molecule has 0 aliphatic rings. The predicted octanol–water partition coefficient (Wildman–Crippen LogP) is 3.50. The summed E-state index contributed by atoms with van der Waals surface area (Å²) in [4.78, 5) is 0. The lowest BCUT2D eigenvalue weighted by Gasteiger charge is -2.14. The third kappa shape index (κ3) is 4.42. The second-order valence-corrected chi connectivity index (χ2v) is 5.10. The maximum Gasteiger partial charge on any atom is 0.197 e. The Kier molecular flexibility index (Phi) is 6.11. The topological polar surface area (TPSA) is 60.2 Å². The fraction of sp³-hybridized carbons (Fsp3) is 0.750. The predicted molar refractivity (Wildman–Crippen MR) is 74.9 cm³/mol. The van der Waals surface area contributed by atoms with Gasteiger partial charge in [-0.3, -0.25) is 0 Å². The molecule has 17 heavy (non-hydrogen) atoms. The van der Waals surface area contributed by atoms with E-state index in [9.17, 15) is 0 Å². The van der Waals surface area contributed by atoms with Gasteiger partial charge in [-0.25, -0.2) is 0 Å². The van der Waals surface area contributed by atoms with E-state index in [4.69, 9.17) is 10.5 Å². The Balaban J connectivity index is 2.36. The molecule has 1 atom stereocenters. The lowest BCUT2D eigenvalue weighted by molar-refractivity contribution is 0.419. The normalized spacial score (nSPS) is 12.4. The highest BCUT2D eigenvalue weighted by molar-refractivity contribution is 7.11. The van der Waals surface area contributed by atoms with Crippen LogP contribution in [0.1, 0.15) is 46.0 Å². The van der Waals surface area contributed by atoms with Gasteiger partial charge in [0, 0.05) is 6.04 Å². The maximum absolute atomic E-state index is 5.70. The summed E-state index contributed by atoms with van der Waals surface area (Å²) in [5.41, 5.74) is 5.70. The molecule has 1 aromatic heterocycles. The van der Waals surface area contributed by atoms with E-state index < -0.39 is 0 Å². The van der Waals surface area contributed by atoms with Crippen LogP contribution in [0.25, 0.3) is 0 Å². The number of unbranched alkanes of at least 4 members (excludes halogenated alkanes) is 3. The molecule has 1 unspecified atom stereocenters. The zero-order valence-corrected chi connectivity index (χ0v) is 11.8. The van der Waals surface area contributed by atoms with Crippen LogP contribution in [0.5, 0.6) is 5.75 Å². The van der Waals surface area contributed by atoms with Crippen molar-refractivity contribution in [2.75, 3.05) is 18.2 Å². The van der Waals surface area contributed by atoms with Gasteiger partial charge < -0.3 is 15.8 Å². The summed E-state index contributed by atoms with van der Waals surface area (Å²) in [6, 6.07) is 0.431. The van der Waals surface area contributed by atoms with Crippen molar-refractivity contribution in [3.05, 3.63) is 0 Å². The first kappa shape index (κ1) is 14.1. The molecule has 0 amide bonds. The van der Waals surface area contributed by atoms with Gasteiger partial charge in [0.15, 0.2) is 16.6 Å². The molecule has 0 spiro atoms. The van der Waals surface area contributed by atoms with Crippen LogP contribution in [0, 0.1) is 0 Å². The number of hydrogen-bond acceptors (Lipinski definition) is 5. The number of aromatic nitrogens is 1. The molecule has 4 nitrogen and oxygen atoms in total. The third-order valence-corrected chi connectivity index (χ3v) is 3.52. The van der Waals surface area contributed by atoms with Crippen LogP contribution in [0.3, 0.4) is 0 Å². The zero-order valence-electron chi connectivity index (χ0n) is 11.0. The minimum Gasteiger partial charge on any atom is -0.490 e. The van der Waals surface area contributed by atoms with E-state index in [1.807, 2.05) is 0 Å². The molecule has 0 aliphatic heterocycles. The van der Waals surface area contributed by atoms with Gasteiger partial charge >= 0.3 is 0 Å². The van der Waals surface area contributed by atoms with E-state index in [1.165, 1.54) is 43.6 Å². The molecule has 0 bridgehead atoms. The van der Waals surface area contributed by atoms with E-state index in [2.05, 4.69) is 23.5 Å². The van der Waals surface area contributed by atoms with E-state index in [1.54, 1.807) is 7.11 Å². The minimum atomic E-state index is 0.431. The Morgan fingerprint density at radius 2 is 2.18 bits per heavy atom. The van der Waals surface area contributed by atoms with Gasteiger partial charge in [-0.1, -0.05) is 32.6 Å². The number of nitrogens with two attached hydrogens (primary N) is 1. The largest absolute Gasteiger partial charge is 0.490 e. The fourth-order valence-corrected chi connectivity index (χ4v) is 2.55. The number of nitrogens with zero attached hydrogens (tertiary/aromatic N) is 1. The number of anilines is 2. The van der Waals surface area contributed by atoms with E-state index in [0.29, 0.717) is 17.6 Å². The highest BCUT2D eigenvalue weighted by Crippen LogP contribution is 2.35. The maximum atomic E-state index is 5.70. The Morgan fingerprint density at radius 1 is 1.41 bits per heavy atom. The summed E-state index contributed by atoms with van der Waals surface area (Å²) in [6.07, 6.45) is 6.34. The van der Waals surface area contributed by atoms with Crippen molar-refractivity contribution in [3.63, 3.8) is 0 Å². The van der Waals surface area contributed by atoms with Crippen molar-refractivity contribution >= 4 is 22.4 Å². The Hall–Kier alpha value is -0.970. The van der Waals surface area contributed by atoms with Gasteiger partial charge in [-0.05, 0) is 24.9 Å². The van der Waals surface area contributed by atoms with E-state index in [0.717, 1.165) is 5.00 Å². The Labute approximate surface area is 108 Å². The minimum absolute atomic E-state index is 0.431. The molecule has 0 fully saturated rings. The quantitative estimate of drug-likeness (QED) is 0.700. The van der Waals surface area contributed by atoms with Crippen LogP contribution in [-0.2, 0) is 0 Å². The molecular formula is C12H23N3OS. The molecule has 3 N–H and O–H groups in total. The zero-order chi connectivity index (χ0) is 12.7. The first-order chi connectivity index (χ1) is 8.19. The summed E-state index contributed by atoms with van der Waals surface area (Å²) < 4.78 is 9.30. The van der Waals surface area contributed by atoms with Gasteiger partial charge in [-0.2, -0.15) is 4.37 Å². The summed E-state index contributed by atoms with van der Waals surface area (Å²) in [7, 11) is 1.62. The van der Waals surface area contributed by atoms with Crippen molar-refractivity contribution in [1.29, 1.82) is 0 Å².